The van der Waals surface area contributed by atoms with E-state index in [-0.39, 0.29) is 16.9 Å². The average Bonchev–Trinajstić information content (AvgIpc) is 2.28. The van der Waals surface area contributed by atoms with Gasteiger partial charge in [0.25, 0.3) is 0 Å². The fourth-order valence-corrected chi connectivity index (χ4v) is 1.68. The zero-order valence-electron chi connectivity index (χ0n) is 9.47. The first kappa shape index (κ1) is 13.4. The lowest BCUT2D eigenvalue weighted by molar-refractivity contribution is 0.547. The van der Waals surface area contributed by atoms with E-state index in [4.69, 9.17) is 17.3 Å². The molecule has 4 heteroatoms. The number of halogens is 2. The van der Waals surface area contributed by atoms with Gasteiger partial charge < -0.3 is 11.1 Å². The van der Waals surface area contributed by atoms with Crippen molar-refractivity contribution in [2.45, 2.75) is 25.8 Å². The molecule has 0 aliphatic carbocycles. The summed E-state index contributed by atoms with van der Waals surface area (Å²) >= 11 is 5.72. The van der Waals surface area contributed by atoms with Crippen LogP contribution in [0.25, 0.3) is 0 Å². The quantitative estimate of drug-likeness (QED) is 0.756. The highest BCUT2D eigenvalue weighted by atomic mass is 35.5. The standard InChI is InChI=1S/C12H18ClFN2/c1-9(16-7-3-2-6-15)10-4-5-12(14)11(13)8-10/h4-5,8-9,16H,2-3,6-7,15H2,1H3. The van der Waals surface area contributed by atoms with Crippen LogP contribution in [0.1, 0.15) is 31.4 Å². The normalized spacial score (nSPS) is 12.8. The Hall–Kier alpha value is -0.640. The predicted molar refractivity (Wildman–Crippen MR) is 66.1 cm³/mol. The van der Waals surface area contributed by atoms with Crippen LogP contribution in [0.2, 0.25) is 5.02 Å². The van der Waals surface area contributed by atoms with E-state index in [1.54, 1.807) is 12.1 Å². The number of hydrogen-bond acceptors (Lipinski definition) is 2. The molecule has 0 aliphatic rings. The number of nitrogens with one attached hydrogen (secondary N) is 1. The van der Waals surface area contributed by atoms with Crippen molar-refractivity contribution in [2.24, 2.45) is 5.73 Å². The maximum atomic E-state index is 12.9. The summed E-state index contributed by atoms with van der Waals surface area (Å²) in [5.74, 6) is -0.374. The summed E-state index contributed by atoms with van der Waals surface area (Å²) in [7, 11) is 0. The van der Waals surface area contributed by atoms with Gasteiger partial charge in [-0.05, 0) is 50.6 Å². The molecule has 3 N–H and O–H groups in total. The fourth-order valence-electron chi connectivity index (χ4n) is 1.49. The van der Waals surface area contributed by atoms with E-state index < -0.39 is 0 Å². The molecule has 0 fully saturated rings. The molecule has 1 atom stereocenters. The van der Waals surface area contributed by atoms with E-state index in [1.165, 1.54) is 6.07 Å². The van der Waals surface area contributed by atoms with Crippen molar-refractivity contribution in [3.8, 4) is 0 Å². The van der Waals surface area contributed by atoms with Crippen molar-refractivity contribution in [2.75, 3.05) is 13.1 Å². The van der Waals surface area contributed by atoms with Crippen LogP contribution in [-0.4, -0.2) is 13.1 Å². The van der Waals surface area contributed by atoms with E-state index in [9.17, 15) is 4.39 Å². The van der Waals surface area contributed by atoms with E-state index >= 15 is 0 Å². The molecule has 2 nitrogen and oxygen atoms in total. The summed E-state index contributed by atoms with van der Waals surface area (Å²) in [5, 5.41) is 3.52. The molecular formula is C12H18ClFN2. The molecule has 90 valence electrons. The summed E-state index contributed by atoms with van der Waals surface area (Å²) in [6.07, 6.45) is 2.07. The predicted octanol–water partition coefficient (Wildman–Crippen LogP) is 2.87. The minimum absolute atomic E-state index is 0.174. The van der Waals surface area contributed by atoms with Crippen LogP contribution < -0.4 is 11.1 Å². The first-order chi connectivity index (χ1) is 7.65. The Bertz CT molecular complexity index is 331. The summed E-state index contributed by atoms with van der Waals surface area (Å²) in [4.78, 5) is 0. The highest BCUT2D eigenvalue weighted by Crippen LogP contribution is 2.20. The first-order valence-electron chi connectivity index (χ1n) is 5.53. The number of rotatable bonds is 6. The maximum absolute atomic E-state index is 12.9. The average molecular weight is 245 g/mol. The van der Waals surface area contributed by atoms with Gasteiger partial charge in [0.1, 0.15) is 5.82 Å². The Labute approximate surface area is 101 Å². The van der Waals surface area contributed by atoms with Gasteiger partial charge in [0, 0.05) is 6.04 Å². The lowest BCUT2D eigenvalue weighted by atomic mass is 10.1. The van der Waals surface area contributed by atoms with Crippen LogP contribution in [0.4, 0.5) is 4.39 Å². The third kappa shape index (κ3) is 4.08. The van der Waals surface area contributed by atoms with Crippen molar-refractivity contribution in [1.82, 2.24) is 5.32 Å². The Kier molecular flexibility index (Phi) is 5.74. The summed E-state index contributed by atoms with van der Waals surface area (Å²) in [6.45, 7) is 3.66. The van der Waals surface area contributed by atoms with Gasteiger partial charge in [-0.3, -0.25) is 0 Å². The number of hydrogen-bond donors (Lipinski definition) is 2. The molecule has 0 heterocycles. The monoisotopic (exact) mass is 244 g/mol. The Morgan fingerprint density at radius 1 is 1.44 bits per heavy atom. The van der Waals surface area contributed by atoms with E-state index in [2.05, 4.69) is 5.32 Å². The molecule has 0 spiro atoms. The maximum Gasteiger partial charge on any atom is 0.141 e. The van der Waals surface area contributed by atoms with Crippen LogP contribution in [0.3, 0.4) is 0 Å². The SMILES string of the molecule is CC(NCCCCN)c1ccc(F)c(Cl)c1. The molecule has 16 heavy (non-hydrogen) atoms. The van der Waals surface area contributed by atoms with Gasteiger partial charge in [-0.25, -0.2) is 4.39 Å². The van der Waals surface area contributed by atoms with E-state index in [0.29, 0.717) is 0 Å². The molecule has 1 rings (SSSR count). The van der Waals surface area contributed by atoms with Crippen molar-refractivity contribution < 1.29 is 4.39 Å². The van der Waals surface area contributed by atoms with E-state index in [1.807, 2.05) is 6.92 Å². The van der Waals surface area contributed by atoms with Crippen molar-refractivity contribution in [1.29, 1.82) is 0 Å². The molecule has 0 saturated carbocycles. The van der Waals surface area contributed by atoms with Gasteiger partial charge in [-0.2, -0.15) is 0 Å². The van der Waals surface area contributed by atoms with Crippen molar-refractivity contribution >= 4 is 11.6 Å². The number of unbranched alkanes of at least 4 members (excludes halogenated alkanes) is 1. The zero-order chi connectivity index (χ0) is 12.0. The topological polar surface area (TPSA) is 38.0 Å². The van der Waals surface area contributed by atoms with Crippen LogP contribution >= 0.6 is 11.6 Å². The van der Waals surface area contributed by atoms with Crippen LogP contribution in [0, 0.1) is 5.82 Å². The van der Waals surface area contributed by atoms with Crippen LogP contribution in [0.15, 0.2) is 18.2 Å². The lowest BCUT2D eigenvalue weighted by Gasteiger charge is -2.14. The van der Waals surface area contributed by atoms with E-state index in [0.717, 1.165) is 31.5 Å². The van der Waals surface area contributed by atoms with Gasteiger partial charge in [-0.15, -0.1) is 0 Å². The van der Waals surface area contributed by atoms with Gasteiger partial charge in [0.05, 0.1) is 5.02 Å². The van der Waals surface area contributed by atoms with Gasteiger partial charge in [-0.1, -0.05) is 17.7 Å². The van der Waals surface area contributed by atoms with Gasteiger partial charge in [0.2, 0.25) is 0 Å². The highest BCUT2D eigenvalue weighted by Gasteiger charge is 2.07. The van der Waals surface area contributed by atoms with Gasteiger partial charge in [0.15, 0.2) is 0 Å². The van der Waals surface area contributed by atoms with Crippen molar-refractivity contribution in [3.05, 3.63) is 34.6 Å². The molecular weight excluding hydrogens is 227 g/mol. The lowest BCUT2D eigenvalue weighted by Crippen LogP contribution is -2.20. The second-order valence-electron chi connectivity index (χ2n) is 3.85. The highest BCUT2D eigenvalue weighted by molar-refractivity contribution is 6.30. The smallest absolute Gasteiger partial charge is 0.141 e. The first-order valence-corrected chi connectivity index (χ1v) is 5.91. The second-order valence-corrected chi connectivity index (χ2v) is 4.25. The summed E-state index contributed by atoms with van der Waals surface area (Å²) in [5.41, 5.74) is 6.41. The largest absolute Gasteiger partial charge is 0.330 e. The van der Waals surface area contributed by atoms with Crippen LogP contribution in [0.5, 0.6) is 0 Å². The van der Waals surface area contributed by atoms with Gasteiger partial charge >= 0.3 is 0 Å². The Morgan fingerprint density at radius 3 is 2.81 bits per heavy atom. The third-order valence-electron chi connectivity index (χ3n) is 2.53. The molecule has 0 aromatic heterocycles. The van der Waals surface area contributed by atoms with Crippen molar-refractivity contribution in [3.63, 3.8) is 0 Å². The second kappa shape index (κ2) is 6.84. The Balaban J connectivity index is 2.46. The molecule has 0 saturated heterocycles. The minimum Gasteiger partial charge on any atom is -0.330 e. The number of benzene rings is 1. The minimum atomic E-state index is -0.374. The third-order valence-corrected chi connectivity index (χ3v) is 2.81. The molecule has 0 radical (unpaired) electrons. The Morgan fingerprint density at radius 2 is 2.19 bits per heavy atom. The van der Waals surface area contributed by atoms with Crippen LogP contribution in [-0.2, 0) is 0 Å². The summed E-state index contributed by atoms with van der Waals surface area (Å²) < 4.78 is 12.9. The molecule has 0 aliphatic heterocycles. The zero-order valence-corrected chi connectivity index (χ0v) is 10.2. The fraction of sp³-hybridized carbons (Fsp3) is 0.500. The molecule has 0 amide bonds. The molecule has 0 bridgehead atoms. The molecule has 1 unspecified atom stereocenters. The number of nitrogens with two attached hydrogens (primary N) is 1. The molecule has 1 aromatic carbocycles. The molecule has 1 aromatic rings. The summed E-state index contributed by atoms with van der Waals surface area (Å²) in [6, 6.07) is 4.99.